The first-order chi connectivity index (χ1) is 8.02. The van der Waals surface area contributed by atoms with E-state index >= 15 is 0 Å². The number of rotatable bonds is 4. The highest BCUT2D eigenvalue weighted by Crippen LogP contribution is 2.23. The quantitative estimate of drug-likeness (QED) is 0.534. The smallest absolute Gasteiger partial charge is 0.331 e. The van der Waals surface area contributed by atoms with Gasteiger partial charge in [0.2, 0.25) is 0 Å². The number of carbonyl (C=O) groups excluding carboxylic acids is 2. The second-order valence-electron chi connectivity index (χ2n) is 4.00. The lowest BCUT2D eigenvalue weighted by atomic mass is 10.1. The fraction of sp³-hybridized carbons (Fsp3) is 0.500. The van der Waals surface area contributed by atoms with Gasteiger partial charge in [0.25, 0.3) is 0 Å². The summed E-state index contributed by atoms with van der Waals surface area (Å²) in [5.74, 6) is -0.825. The zero-order chi connectivity index (χ0) is 12.8. The summed E-state index contributed by atoms with van der Waals surface area (Å²) in [6.07, 6.45) is 2.95. The zero-order valence-corrected chi connectivity index (χ0v) is 10.1. The minimum absolute atomic E-state index is 0.281. The molecule has 5 nitrogen and oxygen atoms in total. The van der Waals surface area contributed by atoms with Gasteiger partial charge in [-0.05, 0) is 6.42 Å². The van der Waals surface area contributed by atoms with E-state index in [9.17, 15) is 9.59 Å². The predicted molar refractivity (Wildman–Crippen MR) is 62.0 cm³/mol. The first-order valence-electron chi connectivity index (χ1n) is 5.34. The number of allylic oxidation sites excluding steroid dienone is 1. The second-order valence-corrected chi connectivity index (χ2v) is 4.00. The molecule has 1 unspecified atom stereocenters. The lowest BCUT2D eigenvalue weighted by Gasteiger charge is -2.11. The summed E-state index contributed by atoms with van der Waals surface area (Å²) in [6.45, 7) is 5.07. The van der Waals surface area contributed by atoms with Gasteiger partial charge in [0.15, 0.2) is 0 Å². The number of carbonyl (C=O) groups is 2. The first-order valence-corrected chi connectivity index (χ1v) is 5.34. The molecule has 1 rings (SSSR count). The van der Waals surface area contributed by atoms with Gasteiger partial charge in [-0.15, -0.1) is 0 Å². The van der Waals surface area contributed by atoms with E-state index in [4.69, 9.17) is 4.74 Å². The molecule has 0 N–H and O–H groups in total. The number of esters is 2. The molecule has 0 bridgehead atoms. The minimum Gasteiger partial charge on any atom is -0.466 e. The second kappa shape index (κ2) is 6.08. The van der Waals surface area contributed by atoms with Gasteiger partial charge < -0.3 is 14.4 Å². The monoisotopic (exact) mass is 239 g/mol. The van der Waals surface area contributed by atoms with Gasteiger partial charge in [0, 0.05) is 37.4 Å². The number of nitrogens with zero attached hydrogens (tertiary/aromatic N) is 1. The Kier molecular flexibility index (Phi) is 4.75. The molecule has 94 valence electrons. The van der Waals surface area contributed by atoms with Crippen LogP contribution in [0.1, 0.15) is 6.42 Å². The Balaban J connectivity index is 2.27. The van der Waals surface area contributed by atoms with Crippen molar-refractivity contribution >= 4 is 11.9 Å². The summed E-state index contributed by atoms with van der Waals surface area (Å²) in [7, 11) is 3.21. The van der Waals surface area contributed by atoms with Crippen molar-refractivity contribution in [2.45, 2.75) is 6.42 Å². The maximum absolute atomic E-state index is 11.2. The van der Waals surface area contributed by atoms with Crippen molar-refractivity contribution in [3.05, 3.63) is 24.4 Å². The van der Waals surface area contributed by atoms with Crippen LogP contribution in [0.4, 0.5) is 0 Å². The molecule has 1 aliphatic heterocycles. The molecule has 17 heavy (non-hydrogen) atoms. The van der Waals surface area contributed by atoms with E-state index in [0.29, 0.717) is 6.61 Å². The Morgan fingerprint density at radius 2 is 2.12 bits per heavy atom. The highest BCUT2D eigenvalue weighted by molar-refractivity contribution is 5.91. The van der Waals surface area contributed by atoms with Gasteiger partial charge in [-0.3, -0.25) is 0 Å². The summed E-state index contributed by atoms with van der Waals surface area (Å²) < 4.78 is 9.37. The average Bonchev–Trinajstić information content (AvgIpc) is 2.63. The summed E-state index contributed by atoms with van der Waals surface area (Å²) in [5, 5.41) is 0. The van der Waals surface area contributed by atoms with E-state index in [1.165, 1.54) is 7.11 Å². The molecule has 1 atom stereocenters. The summed E-state index contributed by atoms with van der Waals surface area (Å²) >= 11 is 0. The standard InChI is InChI=1S/C12H17NO4/c1-9-6-10(7-13(9)2)8-17-12(15)5-4-11(14)16-3/h4-5,10H,1,6-8H2,2-3H3/b5-4+. The predicted octanol–water partition coefficient (Wildman–Crippen LogP) is 0.724. The van der Waals surface area contributed by atoms with Crippen LogP contribution in [0.25, 0.3) is 0 Å². The molecule has 0 aromatic rings. The van der Waals surface area contributed by atoms with Crippen LogP contribution < -0.4 is 0 Å². The number of hydrogen-bond acceptors (Lipinski definition) is 5. The topological polar surface area (TPSA) is 55.8 Å². The lowest BCUT2D eigenvalue weighted by molar-refractivity contribution is -0.140. The molecular weight excluding hydrogens is 222 g/mol. The van der Waals surface area contributed by atoms with Crippen LogP contribution in [-0.4, -0.2) is 44.1 Å². The third-order valence-corrected chi connectivity index (χ3v) is 2.61. The zero-order valence-electron chi connectivity index (χ0n) is 10.1. The van der Waals surface area contributed by atoms with E-state index < -0.39 is 11.9 Å². The van der Waals surface area contributed by atoms with Crippen molar-refractivity contribution in [1.82, 2.24) is 4.90 Å². The van der Waals surface area contributed by atoms with Gasteiger partial charge in [0.1, 0.15) is 0 Å². The van der Waals surface area contributed by atoms with Crippen molar-refractivity contribution in [3.8, 4) is 0 Å². The van der Waals surface area contributed by atoms with Crippen molar-refractivity contribution in [2.75, 3.05) is 27.3 Å². The Bertz CT molecular complexity index is 348. The molecule has 1 heterocycles. The van der Waals surface area contributed by atoms with Gasteiger partial charge in [0.05, 0.1) is 13.7 Å². The molecule has 0 saturated carbocycles. The molecule has 1 fully saturated rings. The maximum Gasteiger partial charge on any atom is 0.331 e. The van der Waals surface area contributed by atoms with Crippen LogP contribution >= 0.6 is 0 Å². The molecule has 0 aromatic heterocycles. The lowest BCUT2D eigenvalue weighted by Crippen LogP contribution is -2.17. The summed E-state index contributed by atoms with van der Waals surface area (Å²) in [6, 6.07) is 0. The molecule has 0 aliphatic carbocycles. The van der Waals surface area contributed by atoms with Gasteiger partial charge in [-0.2, -0.15) is 0 Å². The normalized spacial score (nSPS) is 19.8. The van der Waals surface area contributed by atoms with Crippen LogP contribution in [0, 0.1) is 5.92 Å². The van der Waals surface area contributed by atoms with Crippen molar-refractivity contribution in [1.29, 1.82) is 0 Å². The van der Waals surface area contributed by atoms with Gasteiger partial charge in [-0.1, -0.05) is 6.58 Å². The summed E-state index contributed by atoms with van der Waals surface area (Å²) in [4.78, 5) is 24.0. The Labute approximate surface area is 101 Å². The number of ether oxygens (including phenoxy) is 2. The van der Waals surface area contributed by atoms with E-state index in [0.717, 1.165) is 30.8 Å². The van der Waals surface area contributed by atoms with Crippen molar-refractivity contribution in [3.63, 3.8) is 0 Å². The van der Waals surface area contributed by atoms with E-state index in [-0.39, 0.29) is 5.92 Å². The SMILES string of the molecule is C=C1CC(COC(=O)/C=C/C(=O)OC)CN1C. The molecule has 0 amide bonds. The van der Waals surface area contributed by atoms with Gasteiger partial charge >= 0.3 is 11.9 Å². The molecular formula is C12H17NO4. The van der Waals surface area contributed by atoms with Crippen LogP contribution in [-0.2, 0) is 19.1 Å². The van der Waals surface area contributed by atoms with Crippen LogP contribution in [0.2, 0.25) is 0 Å². The van der Waals surface area contributed by atoms with E-state index in [2.05, 4.69) is 11.3 Å². The number of hydrogen-bond donors (Lipinski definition) is 0. The minimum atomic E-state index is -0.573. The highest BCUT2D eigenvalue weighted by Gasteiger charge is 2.23. The first kappa shape index (κ1) is 13.3. The van der Waals surface area contributed by atoms with Gasteiger partial charge in [-0.25, -0.2) is 9.59 Å². The Morgan fingerprint density at radius 1 is 1.47 bits per heavy atom. The third-order valence-electron chi connectivity index (χ3n) is 2.61. The third kappa shape index (κ3) is 4.30. The van der Waals surface area contributed by atoms with E-state index in [1.54, 1.807) is 0 Å². The molecule has 5 heteroatoms. The molecule has 0 spiro atoms. The fourth-order valence-electron chi connectivity index (χ4n) is 1.63. The molecule has 1 saturated heterocycles. The van der Waals surface area contributed by atoms with E-state index in [1.807, 2.05) is 11.9 Å². The summed E-state index contributed by atoms with van der Waals surface area (Å²) in [5.41, 5.74) is 1.05. The Hall–Kier alpha value is -1.78. The molecule has 1 aliphatic rings. The van der Waals surface area contributed by atoms with Crippen LogP contribution in [0.5, 0.6) is 0 Å². The number of methoxy groups -OCH3 is 1. The van der Waals surface area contributed by atoms with Crippen molar-refractivity contribution in [2.24, 2.45) is 5.92 Å². The largest absolute Gasteiger partial charge is 0.466 e. The highest BCUT2D eigenvalue weighted by atomic mass is 16.5. The number of likely N-dealkylation sites (tertiary alicyclic amines) is 1. The van der Waals surface area contributed by atoms with Crippen LogP contribution in [0.15, 0.2) is 24.4 Å². The maximum atomic E-state index is 11.2. The van der Waals surface area contributed by atoms with Crippen LogP contribution in [0.3, 0.4) is 0 Å². The molecule has 0 radical (unpaired) electrons. The van der Waals surface area contributed by atoms with Crippen molar-refractivity contribution < 1.29 is 19.1 Å². The Morgan fingerprint density at radius 3 is 2.65 bits per heavy atom. The average molecular weight is 239 g/mol. The fourth-order valence-corrected chi connectivity index (χ4v) is 1.63. The molecule has 0 aromatic carbocycles.